The summed E-state index contributed by atoms with van der Waals surface area (Å²) in [5.74, 6) is 0.787. The molecule has 5 nitrogen and oxygen atoms in total. The van der Waals surface area contributed by atoms with Crippen LogP contribution in [0.15, 0.2) is 36.4 Å². The maximum Gasteiger partial charge on any atom is 0.251 e. The van der Waals surface area contributed by atoms with E-state index in [4.69, 9.17) is 4.74 Å². The van der Waals surface area contributed by atoms with Gasteiger partial charge in [-0.2, -0.15) is 0 Å². The van der Waals surface area contributed by atoms with Gasteiger partial charge >= 0.3 is 0 Å². The smallest absolute Gasteiger partial charge is 0.251 e. The molecule has 134 valence electrons. The second-order valence-electron chi connectivity index (χ2n) is 6.98. The average molecular weight is 350 g/mol. The molecule has 4 rings (SSSR count). The summed E-state index contributed by atoms with van der Waals surface area (Å²) < 4.78 is 5.70. The first-order valence-corrected chi connectivity index (χ1v) is 9.07. The highest BCUT2D eigenvalue weighted by Crippen LogP contribution is 2.33. The van der Waals surface area contributed by atoms with Crippen molar-refractivity contribution in [1.29, 1.82) is 0 Å². The Kier molecular flexibility index (Phi) is 4.37. The minimum atomic E-state index is -0.0947. The third-order valence-corrected chi connectivity index (χ3v) is 5.00. The fourth-order valence-electron chi connectivity index (χ4n) is 3.62. The van der Waals surface area contributed by atoms with Crippen molar-refractivity contribution in [2.24, 2.45) is 0 Å². The lowest BCUT2D eigenvalue weighted by atomic mass is 9.97. The van der Waals surface area contributed by atoms with Crippen LogP contribution in [0.1, 0.15) is 52.4 Å². The number of hydrogen-bond donors (Lipinski definition) is 2. The summed E-state index contributed by atoms with van der Waals surface area (Å²) in [6, 6.07) is 11.5. The monoisotopic (exact) mass is 350 g/mol. The molecule has 0 saturated heterocycles. The van der Waals surface area contributed by atoms with Crippen molar-refractivity contribution in [3.05, 3.63) is 58.7 Å². The van der Waals surface area contributed by atoms with Crippen molar-refractivity contribution in [2.75, 3.05) is 11.9 Å². The van der Waals surface area contributed by atoms with E-state index in [1.807, 2.05) is 31.2 Å². The molecular weight excluding hydrogens is 328 g/mol. The number of carbonyl (C=O) groups excluding carboxylic acids is 2. The lowest BCUT2D eigenvalue weighted by Gasteiger charge is -2.27. The number of amides is 2. The fourth-order valence-corrected chi connectivity index (χ4v) is 3.62. The van der Waals surface area contributed by atoms with E-state index < -0.39 is 0 Å². The minimum Gasteiger partial charge on any atom is -0.493 e. The van der Waals surface area contributed by atoms with Gasteiger partial charge in [0.15, 0.2) is 0 Å². The molecule has 26 heavy (non-hydrogen) atoms. The predicted octanol–water partition coefficient (Wildman–Crippen LogP) is 3.52. The number of benzene rings is 2. The fraction of sp³-hybridized carbons (Fsp3) is 0.333. The first-order chi connectivity index (χ1) is 12.6. The Bertz CT molecular complexity index is 876. The van der Waals surface area contributed by atoms with Crippen molar-refractivity contribution < 1.29 is 14.3 Å². The van der Waals surface area contributed by atoms with E-state index in [0.29, 0.717) is 18.6 Å². The summed E-state index contributed by atoms with van der Waals surface area (Å²) in [6.45, 7) is 2.63. The van der Waals surface area contributed by atoms with Gasteiger partial charge < -0.3 is 15.4 Å². The van der Waals surface area contributed by atoms with Crippen LogP contribution in [-0.4, -0.2) is 18.4 Å². The van der Waals surface area contributed by atoms with Gasteiger partial charge in [-0.05, 0) is 49.6 Å². The number of aryl methyl sites for hydroxylation is 2. The quantitative estimate of drug-likeness (QED) is 0.871. The van der Waals surface area contributed by atoms with Crippen LogP contribution in [0.3, 0.4) is 0 Å². The molecule has 0 bridgehead atoms. The molecule has 0 radical (unpaired) electrons. The van der Waals surface area contributed by atoms with Gasteiger partial charge in [0.1, 0.15) is 5.75 Å². The van der Waals surface area contributed by atoms with Gasteiger partial charge in [0.25, 0.3) is 5.91 Å². The Balaban J connectivity index is 1.56. The van der Waals surface area contributed by atoms with E-state index in [1.54, 1.807) is 6.07 Å². The maximum atomic E-state index is 12.8. The van der Waals surface area contributed by atoms with E-state index in [9.17, 15) is 9.59 Å². The third kappa shape index (κ3) is 3.29. The molecule has 1 unspecified atom stereocenters. The minimum absolute atomic E-state index is 0.0372. The summed E-state index contributed by atoms with van der Waals surface area (Å²) in [5, 5.41) is 6.05. The second kappa shape index (κ2) is 6.83. The van der Waals surface area contributed by atoms with Gasteiger partial charge in [-0.25, -0.2) is 0 Å². The van der Waals surface area contributed by atoms with Crippen molar-refractivity contribution in [2.45, 2.75) is 38.6 Å². The standard InChI is InChI=1S/C21H22N2O3/c1-13-5-8-19-16(11-13)18(9-10-26-19)23-21(25)15-6-7-17-14(12-15)3-2-4-20(24)22-17/h5-8,11-12,18H,2-4,9-10H2,1H3,(H,22,24)(H,23,25). The first kappa shape index (κ1) is 16.6. The second-order valence-corrected chi connectivity index (χ2v) is 6.98. The van der Waals surface area contributed by atoms with E-state index in [0.717, 1.165) is 47.4 Å². The lowest BCUT2D eigenvalue weighted by molar-refractivity contribution is -0.116. The number of ether oxygens (including phenoxy) is 1. The molecule has 2 aliphatic heterocycles. The molecule has 0 spiro atoms. The zero-order chi connectivity index (χ0) is 18.1. The molecule has 2 amide bonds. The maximum absolute atomic E-state index is 12.8. The van der Waals surface area contributed by atoms with E-state index >= 15 is 0 Å². The molecular formula is C21H22N2O3. The number of nitrogens with one attached hydrogen (secondary N) is 2. The van der Waals surface area contributed by atoms with Gasteiger partial charge in [-0.1, -0.05) is 17.7 Å². The van der Waals surface area contributed by atoms with Crippen molar-refractivity contribution in [3.8, 4) is 5.75 Å². The van der Waals surface area contributed by atoms with Crippen LogP contribution < -0.4 is 15.4 Å². The highest BCUT2D eigenvalue weighted by atomic mass is 16.5. The molecule has 0 fully saturated rings. The molecule has 5 heteroatoms. The molecule has 0 aliphatic carbocycles. The lowest BCUT2D eigenvalue weighted by Crippen LogP contribution is -2.32. The zero-order valence-corrected chi connectivity index (χ0v) is 14.8. The van der Waals surface area contributed by atoms with Gasteiger partial charge in [-0.15, -0.1) is 0 Å². The highest BCUT2D eigenvalue weighted by Gasteiger charge is 2.24. The van der Waals surface area contributed by atoms with Gasteiger partial charge in [0, 0.05) is 29.7 Å². The number of carbonyl (C=O) groups is 2. The van der Waals surface area contributed by atoms with Gasteiger partial charge in [0.05, 0.1) is 12.6 Å². The van der Waals surface area contributed by atoms with E-state index in [2.05, 4.69) is 16.7 Å². The molecule has 1 atom stereocenters. The van der Waals surface area contributed by atoms with Crippen LogP contribution in [0.4, 0.5) is 5.69 Å². The normalized spacial score (nSPS) is 18.7. The molecule has 0 saturated carbocycles. The first-order valence-electron chi connectivity index (χ1n) is 9.07. The Morgan fingerprint density at radius 1 is 1.19 bits per heavy atom. The molecule has 2 N–H and O–H groups in total. The Hall–Kier alpha value is -2.82. The number of anilines is 1. The summed E-state index contributed by atoms with van der Waals surface area (Å²) in [6.07, 6.45) is 2.88. The molecule has 2 heterocycles. The Morgan fingerprint density at radius 3 is 2.96 bits per heavy atom. The predicted molar refractivity (Wildman–Crippen MR) is 99.5 cm³/mol. The Morgan fingerprint density at radius 2 is 2.08 bits per heavy atom. The van der Waals surface area contributed by atoms with Crippen LogP contribution in [0.25, 0.3) is 0 Å². The van der Waals surface area contributed by atoms with Gasteiger partial charge in [-0.3, -0.25) is 9.59 Å². The zero-order valence-electron chi connectivity index (χ0n) is 14.8. The molecule has 0 aromatic heterocycles. The number of rotatable bonds is 2. The van der Waals surface area contributed by atoms with Crippen LogP contribution in [0.2, 0.25) is 0 Å². The average Bonchev–Trinajstić information content (AvgIpc) is 2.82. The highest BCUT2D eigenvalue weighted by molar-refractivity contribution is 5.97. The van der Waals surface area contributed by atoms with Crippen LogP contribution >= 0.6 is 0 Å². The SMILES string of the molecule is Cc1ccc2c(c1)C(NC(=O)c1ccc3c(c1)CCCC(=O)N3)CCO2. The number of fused-ring (bicyclic) bond motifs is 2. The summed E-state index contributed by atoms with van der Waals surface area (Å²) in [4.78, 5) is 24.5. The van der Waals surface area contributed by atoms with Crippen LogP contribution in [0, 0.1) is 6.92 Å². The molecule has 2 aliphatic rings. The van der Waals surface area contributed by atoms with E-state index in [-0.39, 0.29) is 17.9 Å². The van der Waals surface area contributed by atoms with Crippen molar-refractivity contribution >= 4 is 17.5 Å². The van der Waals surface area contributed by atoms with Crippen LogP contribution in [-0.2, 0) is 11.2 Å². The van der Waals surface area contributed by atoms with E-state index in [1.165, 1.54) is 0 Å². The molecule has 2 aromatic rings. The largest absolute Gasteiger partial charge is 0.493 e. The summed E-state index contributed by atoms with van der Waals surface area (Å²) in [5.41, 5.74) is 4.64. The summed E-state index contributed by atoms with van der Waals surface area (Å²) >= 11 is 0. The Labute approximate surface area is 152 Å². The summed E-state index contributed by atoms with van der Waals surface area (Å²) in [7, 11) is 0. The third-order valence-electron chi connectivity index (χ3n) is 5.00. The molecule has 2 aromatic carbocycles. The van der Waals surface area contributed by atoms with Gasteiger partial charge in [0.2, 0.25) is 5.91 Å². The van der Waals surface area contributed by atoms with Crippen molar-refractivity contribution in [1.82, 2.24) is 5.32 Å². The topological polar surface area (TPSA) is 67.4 Å². The van der Waals surface area contributed by atoms with Crippen molar-refractivity contribution in [3.63, 3.8) is 0 Å². The number of hydrogen-bond acceptors (Lipinski definition) is 3. The van der Waals surface area contributed by atoms with Crippen LogP contribution in [0.5, 0.6) is 5.75 Å².